The molecule has 0 atom stereocenters. The summed E-state index contributed by atoms with van der Waals surface area (Å²) >= 11 is 0. The Bertz CT molecular complexity index is 1860. The van der Waals surface area contributed by atoms with Gasteiger partial charge in [0.2, 0.25) is 5.88 Å². The molecule has 0 saturated heterocycles. The van der Waals surface area contributed by atoms with Crippen molar-refractivity contribution < 1.29 is 9.47 Å². The first-order valence-electron chi connectivity index (χ1n) is 11.4. The number of rotatable bonds is 4. The van der Waals surface area contributed by atoms with Crippen molar-refractivity contribution in [3.05, 3.63) is 115 Å². The minimum absolute atomic E-state index is 0.538. The third kappa shape index (κ3) is 3.33. The molecule has 5 nitrogen and oxygen atoms in total. The largest absolute Gasteiger partial charge is 0.457 e. The van der Waals surface area contributed by atoms with Gasteiger partial charge in [0.1, 0.15) is 22.9 Å². The zero-order chi connectivity index (χ0) is 23.2. The van der Waals surface area contributed by atoms with Crippen molar-refractivity contribution in [3.63, 3.8) is 0 Å². The minimum Gasteiger partial charge on any atom is -0.457 e. The fourth-order valence-electron chi connectivity index (χ4n) is 4.62. The molecule has 0 saturated carbocycles. The van der Waals surface area contributed by atoms with Gasteiger partial charge < -0.3 is 9.47 Å². The molecule has 0 spiro atoms. The Hall–Kier alpha value is -4.90. The van der Waals surface area contributed by atoms with Crippen LogP contribution >= 0.6 is 0 Å². The molecule has 0 fully saturated rings. The molecule has 7 aromatic rings. The van der Waals surface area contributed by atoms with E-state index in [4.69, 9.17) is 14.5 Å². The van der Waals surface area contributed by atoms with E-state index in [0.29, 0.717) is 17.4 Å². The van der Waals surface area contributed by atoms with Crippen LogP contribution in [0.5, 0.6) is 23.1 Å². The van der Waals surface area contributed by atoms with Crippen LogP contribution in [-0.4, -0.2) is 14.4 Å². The molecule has 4 aromatic carbocycles. The maximum Gasteiger partial charge on any atom is 0.219 e. The van der Waals surface area contributed by atoms with Gasteiger partial charge in [-0.1, -0.05) is 42.5 Å². The molecule has 5 heteroatoms. The van der Waals surface area contributed by atoms with Crippen molar-refractivity contribution in [1.82, 2.24) is 14.4 Å². The monoisotopic (exact) mass is 453 g/mol. The van der Waals surface area contributed by atoms with Crippen LogP contribution in [0.3, 0.4) is 0 Å². The van der Waals surface area contributed by atoms with Crippen molar-refractivity contribution in [2.45, 2.75) is 0 Å². The van der Waals surface area contributed by atoms with Crippen LogP contribution in [0.25, 0.3) is 38.4 Å². The van der Waals surface area contributed by atoms with E-state index in [1.54, 1.807) is 6.20 Å². The molecular weight excluding hydrogens is 434 g/mol. The highest BCUT2D eigenvalue weighted by atomic mass is 16.5. The number of nitrogens with zero attached hydrogens (tertiary/aromatic N) is 3. The van der Waals surface area contributed by atoms with Gasteiger partial charge in [-0.2, -0.15) is 0 Å². The van der Waals surface area contributed by atoms with Gasteiger partial charge in [-0.15, -0.1) is 0 Å². The molecule has 0 unspecified atom stereocenters. The highest BCUT2D eigenvalue weighted by Crippen LogP contribution is 2.35. The van der Waals surface area contributed by atoms with Gasteiger partial charge in [-0.05, 0) is 60.0 Å². The number of fused-ring (bicyclic) bond motifs is 8. The number of benzene rings is 4. The molecule has 3 aromatic heterocycles. The van der Waals surface area contributed by atoms with Crippen molar-refractivity contribution in [1.29, 1.82) is 0 Å². The second kappa shape index (κ2) is 7.85. The molecule has 0 bridgehead atoms. The Morgan fingerprint density at radius 1 is 0.543 bits per heavy atom. The SMILES string of the molecule is c1ccc(Oc2cccc(Oc3ccc4c5ccccc5n5c6ccccc6nc5c4c3)c2)nc1. The first-order chi connectivity index (χ1) is 17.3. The fraction of sp³-hybridized carbons (Fsp3) is 0. The lowest BCUT2D eigenvalue weighted by Crippen LogP contribution is -1.92. The van der Waals surface area contributed by atoms with Gasteiger partial charge in [-0.25, -0.2) is 9.97 Å². The van der Waals surface area contributed by atoms with Crippen LogP contribution < -0.4 is 9.47 Å². The number of aromatic nitrogens is 3. The summed E-state index contributed by atoms with van der Waals surface area (Å²) in [6, 6.07) is 36.0. The maximum atomic E-state index is 6.26. The smallest absolute Gasteiger partial charge is 0.219 e. The predicted molar refractivity (Wildman–Crippen MR) is 139 cm³/mol. The topological polar surface area (TPSA) is 48.7 Å². The summed E-state index contributed by atoms with van der Waals surface area (Å²) in [7, 11) is 0. The number of imidazole rings is 1. The molecule has 0 radical (unpaired) electrons. The molecular formula is C30H19N3O2. The van der Waals surface area contributed by atoms with Crippen molar-refractivity contribution in [3.8, 4) is 23.1 Å². The van der Waals surface area contributed by atoms with E-state index in [-0.39, 0.29) is 0 Å². The zero-order valence-electron chi connectivity index (χ0n) is 18.6. The molecule has 0 amide bonds. The summed E-state index contributed by atoms with van der Waals surface area (Å²) in [4.78, 5) is 9.20. The van der Waals surface area contributed by atoms with Crippen LogP contribution in [0.2, 0.25) is 0 Å². The second-order valence-electron chi connectivity index (χ2n) is 8.33. The number of hydrogen-bond donors (Lipinski definition) is 0. The quantitative estimate of drug-likeness (QED) is 0.255. The van der Waals surface area contributed by atoms with Gasteiger partial charge in [0.15, 0.2) is 0 Å². The highest BCUT2D eigenvalue weighted by molar-refractivity contribution is 6.14. The number of pyridine rings is 2. The third-order valence-corrected chi connectivity index (χ3v) is 6.13. The Kier molecular flexibility index (Phi) is 4.39. The molecule has 7 rings (SSSR count). The van der Waals surface area contributed by atoms with Crippen LogP contribution in [0.15, 0.2) is 115 Å². The van der Waals surface area contributed by atoms with Gasteiger partial charge in [0.05, 0.1) is 16.6 Å². The lowest BCUT2D eigenvalue weighted by atomic mass is 10.1. The van der Waals surface area contributed by atoms with Crippen molar-refractivity contribution >= 4 is 38.4 Å². The number of ether oxygens (including phenoxy) is 2. The minimum atomic E-state index is 0.538. The third-order valence-electron chi connectivity index (χ3n) is 6.13. The standard InChI is InChI=1S/C30H19N3O2/c1-3-12-27-24(10-1)23-16-15-22(19-25(23)30-32-26-11-2-4-13-28(26)33(27)30)34-20-8-7-9-21(18-20)35-29-14-5-6-17-31-29/h1-19H. The van der Waals surface area contributed by atoms with Crippen LogP contribution in [0.4, 0.5) is 0 Å². The van der Waals surface area contributed by atoms with E-state index in [2.05, 4.69) is 64.0 Å². The fourth-order valence-corrected chi connectivity index (χ4v) is 4.62. The van der Waals surface area contributed by atoms with E-state index < -0.39 is 0 Å². The zero-order valence-corrected chi connectivity index (χ0v) is 18.6. The van der Waals surface area contributed by atoms with Crippen molar-refractivity contribution in [2.75, 3.05) is 0 Å². The van der Waals surface area contributed by atoms with Crippen LogP contribution in [0, 0.1) is 0 Å². The van der Waals surface area contributed by atoms with Gasteiger partial charge in [0.25, 0.3) is 0 Å². The second-order valence-corrected chi connectivity index (χ2v) is 8.33. The summed E-state index contributed by atoms with van der Waals surface area (Å²) in [6.07, 6.45) is 1.70. The van der Waals surface area contributed by atoms with Gasteiger partial charge >= 0.3 is 0 Å². The normalized spacial score (nSPS) is 11.4. The molecule has 3 heterocycles. The highest BCUT2D eigenvalue weighted by Gasteiger charge is 2.14. The Balaban J connectivity index is 1.35. The molecule has 166 valence electrons. The first-order valence-corrected chi connectivity index (χ1v) is 11.4. The van der Waals surface area contributed by atoms with E-state index >= 15 is 0 Å². The van der Waals surface area contributed by atoms with Gasteiger partial charge in [-0.3, -0.25) is 4.40 Å². The lowest BCUT2D eigenvalue weighted by molar-refractivity contribution is 0.449. The van der Waals surface area contributed by atoms with E-state index in [0.717, 1.165) is 38.7 Å². The van der Waals surface area contributed by atoms with Crippen molar-refractivity contribution in [2.24, 2.45) is 0 Å². The Labute approximate surface area is 200 Å². The summed E-state index contributed by atoms with van der Waals surface area (Å²) < 4.78 is 14.4. The number of para-hydroxylation sites is 3. The van der Waals surface area contributed by atoms with Gasteiger partial charge in [0, 0.05) is 29.1 Å². The first kappa shape index (κ1) is 19.6. The van der Waals surface area contributed by atoms with Crippen LogP contribution in [0.1, 0.15) is 0 Å². The molecule has 35 heavy (non-hydrogen) atoms. The Morgan fingerprint density at radius 2 is 1.31 bits per heavy atom. The van der Waals surface area contributed by atoms with E-state index in [1.807, 2.05) is 54.6 Å². The average molecular weight is 454 g/mol. The summed E-state index contributed by atoms with van der Waals surface area (Å²) in [5.74, 6) is 2.62. The number of hydrogen-bond acceptors (Lipinski definition) is 4. The summed E-state index contributed by atoms with van der Waals surface area (Å²) in [5, 5.41) is 3.36. The van der Waals surface area contributed by atoms with Crippen LogP contribution in [-0.2, 0) is 0 Å². The predicted octanol–water partition coefficient (Wildman–Crippen LogP) is 7.77. The summed E-state index contributed by atoms with van der Waals surface area (Å²) in [6.45, 7) is 0. The van der Waals surface area contributed by atoms with E-state index in [9.17, 15) is 0 Å². The molecule has 0 aliphatic heterocycles. The lowest BCUT2D eigenvalue weighted by Gasteiger charge is -2.12. The van der Waals surface area contributed by atoms with E-state index in [1.165, 1.54) is 5.39 Å². The molecule has 0 N–H and O–H groups in total. The summed E-state index contributed by atoms with van der Waals surface area (Å²) in [5.41, 5.74) is 4.11. The Morgan fingerprint density at radius 3 is 2.20 bits per heavy atom. The molecule has 0 aliphatic carbocycles. The average Bonchev–Trinajstić information content (AvgIpc) is 3.30. The maximum absolute atomic E-state index is 6.26. The molecule has 0 aliphatic rings.